The highest BCUT2D eigenvalue weighted by Gasteiger charge is 2.20. The van der Waals surface area contributed by atoms with Crippen LogP contribution in [-0.4, -0.2) is 13.0 Å². The van der Waals surface area contributed by atoms with Crippen molar-refractivity contribution in [3.63, 3.8) is 0 Å². The fourth-order valence-corrected chi connectivity index (χ4v) is 5.73. The van der Waals surface area contributed by atoms with Gasteiger partial charge >= 0.3 is 4.87 Å². The molecular weight excluding hydrogens is 440 g/mol. The molecule has 1 atom stereocenters. The Morgan fingerprint density at radius 2 is 1.73 bits per heavy atom. The molecule has 0 amide bonds. The molecule has 4 aromatic rings. The van der Waals surface area contributed by atoms with E-state index in [9.17, 15) is 13.2 Å². The number of sulfonamides is 1. The minimum absolute atomic E-state index is 0.129. The molecule has 1 N–H and O–H groups in total. The Bertz CT molecular complexity index is 1360. The highest BCUT2D eigenvalue weighted by Crippen LogP contribution is 2.25. The van der Waals surface area contributed by atoms with Gasteiger partial charge in [-0.1, -0.05) is 71.5 Å². The Labute approximate surface area is 183 Å². The molecule has 0 aliphatic carbocycles. The van der Waals surface area contributed by atoms with Crippen molar-refractivity contribution < 1.29 is 8.42 Å². The predicted octanol–water partition coefficient (Wildman–Crippen LogP) is 4.80. The molecule has 0 aliphatic heterocycles. The molecule has 4 rings (SSSR count). The lowest BCUT2D eigenvalue weighted by Gasteiger charge is -2.14. The van der Waals surface area contributed by atoms with Gasteiger partial charge in [0.1, 0.15) is 0 Å². The average Bonchev–Trinajstić information content (AvgIpc) is 3.04. The molecule has 5 nitrogen and oxygen atoms in total. The van der Waals surface area contributed by atoms with E-state index in [1.165, 1.54) is 6.07 Å². The van der Waals surface area contributed by atoms with E-state index in [1.807, 2.05) is 48.5 Å². The number of hydrogen-bond acceptors (Lipinski definition) is 4. The molecule has 0 fully saturated rings. The quantitative estimate of drug-likeness (QED) is 0.451. The van der Waals surface area contributed by atoms with Crippen LogP contribution in [0.1, 0.15) is 24.1 Å². The van der Waals surface area contributed by atoms with Crippen molar-refractivity contribution in [2.45, 2.75) is 24.4 Å². The summed E-state index contributed by atoms with van der Waals surface area (Å²) in [4.78, 5) is 12.5. The molecule has 0 spiro atoms. The maximum atomic E-state index is 12.9. The minimum Gasteiger partial charge on any atom is -0.294 e. The third kappa shape index (κ3) is 4.20. The summed E-state index contributed by atoms with van der Waals surface area (Å²) in [6.07, 6.45) is 0. The molecule has 0 saturated carbocycles. The monoisotopic (exact) mass is 458 g/mol. The first-order chi connectivity index (χ1) is 14.3. The topological polar surface area (TPSA) is 68.2 Å². The highest BCUT2D eigenvalue weighted by atomic mass is 35.5. The molecule has 0 radical (unpaired) electrons. The van der Waals surface area contributed by atoms with Gasteiger partial charge in [0.05, 0.1) is 21.7 Å². The second-order valence-corrected chi connectivity index (χ2v) is 10.0. The minimum atomic E-state index is -3.74. The van der Waals surface area contributed by atoms with Gasteiger partial charge in [-0.15, -0.1) is 0 Å². The summed E-state index contributed by atoms with van der Waals surface area (Å²) >= 11 is 7.25. The van der Waals surface area contributed by atoms with Crippen molar-refractivity contribution in [2.24, 2.45) is 0 Å². The summed E-state index contributed by atoms with van der Waals surface area (Å²) in [5, 5.41) is 0.585. The number of hydrogen-bond donors (Lipinski definition) is 1. The van der Waals surface area contributed by atoms with E-state index in [2.05, 4.69) is 4.72 Å². The lowest BCUT2D eigenvalue weighted by atomic mass is 10.1. The zero-order chi connectivity index (χ0) is 21.3. The molecule has 30 heavy (non-hydrogen) atoms. The maximum Gasteiger partial charge on any atom is 0.308 e. The van der Waals surface area contributed by atoms with Gasteiger partial charge in [-0.05, 0) is 42.3 Å². The zero-order valence-corrected chi connectivity index (χ0v) is 18.5. The smallest absolute Gasteiger partial charge is 0.294 e. The van der Waals surface area contributed by atoms with E-state index in [0.29, 0.717) is 21.8 Å². The van der Waals surface area contributed by atoms with Gasteiger partial charge in [0.15, 0.2) is 0 Å². The third-order valence-electron chi connectivity index (χ3n) is 4.87. The number of fused-ring (bicyclic) bond motifs is 1. The van der Waals surface area contributed by atoms with Crippen LogP contribution in [0.3, 0.4) is 0 Å². The van der Waals surface area contributed by atoms with Gasteiger partial charge in [-0.3, -0.25) is 9.36 Å². The van der Waals surface area contributed by atoms with E-state index >= 15 is 0 Å². The Balaban J connectivity index is 1.65. The molecule has 154 valence electrons. The third-order valence-corrected chi connectivity index (χ3v) is 7.72. The molecule has 0 saturated heterocycles. The van der Waals surface area contributed by atoms with Gasteiger partial charge in [-0.2, -0.15) is 0 Å². The summed E-state index contributed by atoms with van der Waals surface area (Å²) in [6, 6.07) is 21.1. The molecular formula is C22H19ClN2O3S2. The van der Waals surface area contributed by atoms with E-state index in [-0.39, 0.29) is 15.8 Å². The number of nitrogens with zero attached hydrogens (tertiary/aromatic N) is 1. The molecule has 0 unspecified atom stereocenters. The zero-order valence-electron chi connectivity index (χ0n) is 16.1. The van der Waals surface area contributed by atoms with Gasteiger partial charge in [0.25, 0.3) is 0 Å². The van der Waals surface area contributed by atoms with Crippen LogP contribution in [0.25, 0.3) is 10.2 Å². The van der Waals surface area contributed by atoms with E-state index in [4.69, 9.17) is 11.6 Å². The highest BCUT2D eigenvalue weighted by molar-refractivity contribution is 7.89. The molecule has 3 aromatic carbocycles. The van der Waals surface area contributed by atoms with Crippen molar-refractivity contribution in [3.05, 3.63) is 98.6 Å². The first kappa shape index (κ1) is 20.8. The first-order valence-corrected chi connectivity index (χ1v) is 12.0. The van der Waals surface area contributed by atoms with Gasteiger partial charge in [0, 0.05) is 11.1 Å². The SMILES string of the molecule is C[C@H](NS(=O)(=O)c1ccc2c(c1)sc(=O)n2Cc1ccccc1Cl)c1ccccc1. The number of rotatable bonds is 6. The Hall–Kier alpha value is -2.45. The van der Waals surface area contributed by atoms with E-state index in [1.54, 1.807) is 29.7 Å². The van der Waals surface area contributed by atoms with Crippen LogP contribution < -0.4 is 9.60 Å². The molecule has 0 aliphatic rings. The summed E-state index contributed by atoms with van der Waals surface area (Å²) < 4.78 is 30.7. The fourth-order valence-electron chi connectivity index (χ4n) is 3.27. The fraction of sp³-hybridized carbons (Fsp3) is 0.136. The van der Waals surface area contributed by atoms with Gasteiger partial charge < -0.3 is 0 Å². The number of thiazole rings is 1. The normalized spacial score (nSPS) is 12.9. The van der Waals surface area contributed by atoms with Crippen molar-refractivity contribution in [1.82, 2.24) is 9.29 Å². The Kier molecular flexibility index (Phi) is 5.79. The van der Waals surface area contributed by atoms with Crippen LogP contribution in [0.5, 0.6) is 0 Å². The van der Waals surface area contributed by atoms with Crippen LogP contribution >= 0.6 is 22.9 Å². The van der Waals surface area contributed by atoms with Crippen LogP contribution in [0, 0.1) is 0 Å². The van der Waals surface area contributed by atoms with Crippen molar-refractivity contribution >= 4 is 43.2 Å². The summed E-state index contributed by atoms with van der Waals surface area (Å²) in [5.41, 5.74) is 2.38. The van der Waals surface area contributed by atoms with Crippen LogP contribution in [0.2, 0.25) is 5.02 Å². The summed E-state index contributed by atoms with van der Waals surface area (Å²) in [7, 11) is -3.74. The molecule has 1 aromatic heterocycles. The second kappa shape index (κ2) is 8.35. The van der Waals surface area contributed by atoms with Gasteiger partial charge in [0.2, 0.25) is 10.0 Å². The number of halogens is 1. The van der Waals surface area contributed by atoms with Crippen LogP contribution in [0.15, 0.2) is 82.5 Å². The van der Waals surface area contributed by atoms with Crippen LogP contribution in [0.4, 0.5) is 0 Å². The lowest BCUT2D eigenvalue weighted by Crippen LogP contribution is -2.26. The number of nitrogens with one attached hydrogen (secondary N) is 1. The molecule has 0 bridgehead atoms. The van der Waals surface area contributed by atoms with Crippen molar-refractivity contribution in [1.29, 1.82) is 0 Å². The summed E-state index contributed by atoms with van der Waals surface area (Å²) in [5.74, 6) is 0. The molecule has 1 heterocycles. The maximum absolute atomic E-state index is 12.9. The van der Waals surface area contributed by atoms with E-state index in [0.717, 1.165) is 22.5 Å². The predicted molar refractivity (Wildman–Crippen MR) is 122 cm³/mol. The summed E-state index contributed by atoms with van der Waals surface area (Å²) in [6.45, 7) is 2.12. The molecule has 8 heteroatoms. The van der Waals surface area contributed by atoms with Crippen molar-refractivity contribution in [3.8, 4) is 0 Å². The van der Waals surface area contributed by atoms with E-state index < -0.39 is 10.0 Å². The van der Waals surface area contributed by atoms with Crippen molar-refractivity contribution in [2.75, 3.05) is 0 Å². The largest absolute Gasteiger partial charge is 0.308 e. The number of aromatic nitrogens is 1. The standard InChI is InChI=1S/C22H19ClN2O3S2/c1-15(16-7-3-2-4-8-16)24-30(27,28)18-11-12-20-21(13-18)29-22(26)25(20)14-17-9-5-6-10-19(17)23/h2-13,15,24H,14H2,1H3/t15-/m0/s1. The van der Waals surface area contributed by atoms with Gasteiger partial charge in [-0.25, -0.2) is 13.1 Å². The Morgan fingerprint density at radius 1 is 1.03 bits per heavy atom. The van der Waals surface area contributed by atoms with Crippen LogP contribution in [-0.2, 0) is 16.6 Å². The number of benzene rings is 3. The average molecular weight is 459 g/mol. The second-order valence-electron chi connectivity index (χ2n) is 6.93. The lowest BCUT2D eigenvalue weighted by molar-refractivity contribution is 0.567. The Morgan fingerprint density at radius 3 is 2.47 bits per heavy atom. The first-order valence-electron chi connectivity index (χ1n) is 9.29.